The molecular formula is C22H20N6O3. The van der Waals surface area contributed by atoms with E-state index in [1.807, 2.05) is 38.1 Å². The minimum Gasteiger partial charge on any atom is -0.494 e. The van der Waals surface area contributed by atoms with Gasteiger partial charge in [-0.05, 0) is 50.2 Å². The molecule has 2 N–H and O–H groups in total. The van der Waals surface area contributed by atoms with Gasteiger partial charge in [0, 0.05) is 16.8 Å². The van der Waals surface area contributed by atoms with Gasteiger partial charge in [-0.2, -0.15) is 0 Å². The van der Waals surface area contributed by atoms with Crippen molar-refractivity contribution in [1.82, 2.24) is 15.0 Å². The van der Waals surface area contributed by atoms with Crippen molar-refractivity contribution in [3.05, 3.63) is 76.7 Å². The molecule has 9 nitrogen and oxygen atoms in total. The van der Waals surface area contributed by atoms with Gasteiger partial charge in [-0.15, -0.1) is 0 Å². The zero-order valence-electron chi connectivity index (χ0n) is 17.0. The minimum atomic E-state index is -0.511. The van der Waals surface area contributed by atoms with Crippen LogP contribution in [-0.2, 0) is 0 Å². The molecule has 0 fully saturated rings. The molecule has 0 aliphatic rings. The van der Waals surface area contributed by atoms with Gasteiger partial charge in [-0.25, -0.2) is 9.97 Å². The van der Waals surface area contributed by atoms with Crippen LogP contribution in [0.5, 0.6) is 5.75 Å². The average molecular weight is 416 g/mol. The number of aromatic nitrogens is 3. The number of benzene rings is 2. The Kier molecular flexibility index (Phi) is 5.57. The number of aryl methyl sites for hydroxylation is 1. The van der Waals surface area contributed by atoms with E-state index in [0.29, 0.717) is 29.2 Å². The molecule has 0 spiro atoms. The van der Waals surface area contributed by atoms with E-state index in [9.17, 15) is 10.1 Å². The third-order valence-corrected chi connectivity index (χ3v) is 4.55. The number of nitro groups is 1. The Morgan fingerprint density at radius 2 is 1.74 bits per heavy atom. The van der Waals surface area contributed by atoms with Gasteiger partial charge >= 0.3 is 5.69 Å². The average Bonchev–Trinajstić information content (AvgIpc) is 2.76. The van der Waals surface area contributed by atoms with Gasteiger partial charge < -0.3 is 15.4 Å². The summed E-state index contributed by atoms with van der Waals surface area (Å²) >= 11 is 0. The second-order valence-corrected chi connectivity index (χ2v) is 6.71. The highest BCUT2D eigenvalue weighted by Crippen LogP contribution is 2.34. The SMILES string of the molecule is CCOc1ccc(Nc2ncnc(Nc3cccc4ccc(C)nc34)c2[N+](=O)[O-])cc1. The molecule has 2 heterocycles. The number of hydrogen-bond acceptors (Lipinski definition) is 8. The van der Waals surface area contributed by atoms with Crippen molar-refractivity contribution >= 4 is 39.6 Å². The summed E-state index contributed by atoms with van der Waals surface area (Å²) in [5.74, 6) is 0.867. The number of hydrogen-bond donors (Lipinski definition) is 2. The Morgan fingerprint density at radius 3 is 2.45 bits per heavy atom. The van der Waals surface area contributed by atoms with Crippen LogP contribution in [0.2, 0.25) is 0 Å². The third kappa shape index (κ3) is 4.35. The Bertz CT molecular complexity index is 1240. The molecule has 0 bridgehead atoms. The number of pyridine rings is 1. The largest absolute Gasteiger partial charge is 0.494 e. The summed E-state index contributed by atoms with van der Waals surface area (Å²) < 4.78 is 5.42. The lowest BCUT2D eigenvalue weighted by molar-refractivity contribution is -0.383. The Balaban J connectivity index is 1.70. The monoisotopic (exact) mass is 416 g/mol. The minimum absolute atomic E-state index is 0.0734. The van der Waals surface area contributed by atoms with Gasteiger partial charge in [0.05, 0.1) is 22.7 Å². The highest BCUT2D eigenvalue weighted by Gasteiger charge is 2.24. The van der Waals surface area contributed by atoms with Crippen molar-refractivity contribution in [2.45, 2.75) is 13.8 Å². The number of rotatable bonds is 7. The van der Waals surface area contributed by atoms with Gasteiger partial charge in [0.1, 0.15) is 12.1 Å². The van der Waals surface area contributed by atoms with Crippen molar-refractivity contribution in [1.29, 1.82) is 0 Å². The van der Waals surface area contributed by atoms with E-state index in [0.717, 1.165) is 11.1 Å². The lowest BCUT2D eigenvalue weighted by Gasteiger charge is -2.12. The molecular weight excluding hydrogens is 396 g/mol. The first-order valence-corrected chi connectivity index (χ1v) is 9.68. The molecule has 0 atom stereocenters. The Labute approximate surface area is 178 Å². The molecule has 0 unspecified atom stereocenters. The number of para-hydroxylation sites is 1. The van der Waals surface area contributed by atoms with E-state index in [1.165, 1.54) is 6.33 Å². The quantitative estimate of drug-likeness (QED) is 0.315. The predicted molar refractivity (Wildman–Crippen MR) is 119 cm³/mol. The van der Waals surface area contributed by atoms with E-state index in [-0.39, 0.29) is 17.3 Å². The zero-order chi connectivity index (χ0) is 21.8. The molecule has 156 valence electrons. The molecule has 4 rings (SSSR count). The maximum atomic E-state index is 11.9. The molecule has 31 heavy (non-hydrogen) atoms. The summed E-state index contributed by atoms with van der Waals surface area (Å²) in [6.07, 6.45) is 1.27. The predicted octanol–water partition coefficient (Wildman–Crippen LogP) is 5.13. The second-order valence-electron chi connectivity index (χ2n) is 6.71. The van der Waals surface area contributed by atoms with Crippen molar-refractivity contribution in [2.24, 2.45) is 0 Å². The first-order valence-electron chi connectivity index (χ1n) is 9.68. The van der Waals surface area contributed by atoms with Gasteiger partial charge in [0.25, 0.3) is 0 Å². The highest BCUT2D eigenvalue weighted by atomic mass is 16.6. The van der Waals surface area contributed by atoms with Crippen LogP contribution in [-0.4, -0.2) is 26.5 Å². The first kappa shape index (κ1) is 20.0. The summed E-state index contributed by atoms with van der Waals surface area (Å²) in [5.41, 5.74) is 2.54. The van der Waals surface area contributed by atoms with E-state index < -0.39 is 4.92 Å². The number of fused-ring (bicyclic) bond motifs is 1. The van der Waals surface area contributed by atoms with E-state index in [2.05, 4.69) is 25.6 Å². The van der Waals surface area contributed by atoms with Gasteiger partial charge in [-0.1, -0.05) is 18.2 Å². The van der Waals surface area contributed by atoms with Crippen LogP contribution in [0.15, 0.2) is 60.9 Å². The standard InChI is InChI=1S/C22H20N6O3/c1-3-31-17-11-9-16(10-12-17)26-21-20(28(29)30)22(24-13-23-21)27-18-6-4-5-15-8-7-14(2)25-19(15)18/h4-13H,3H2,1-2H3,(H2,23,24,26,27). The molecule has 0 aliphatic heterocycles. The Hall–Kier alpha value is -4.27. The van der Waals surface area contributed by atoms with Crippen LogP contribution in [0.1, 0.15) is 12.6 Å². The summed E-state index contributed by atoms with van der Waals surface area (Å²) in [4.78, 5) is 24.1. The molecule has 9 heteroatoms. The highest BCUT2D eigenvalue weighted by molar-refractivity contribution is 5.93. The van der Waals surface area contributed by atoms with Crippen LogP contribution in [0.25, 0.3) is 10.9 Å². The lowest BCUT2D eigenvalue weighted by atomic mass is 10.1. The van der Waals surface area contributed by atoms with Crippen LogP contribution in [0.4, 0.5) is 28.7 Å². The van der Waals surface area contributed by atoms with Gasteiger partial charge in [0.15, 0.2) is 0 Å². The van der Waals surface area contributed by atoms with Crippen molar-refractivity contribution in [2.75, 3.05) is 17.2 Å². The van der Waals surface area contributed by atoms with E-state index >= 15 is 0 Å². The maximum Gasteiger partial charge on any atom is 0.353 e. The fourth-order valence-electron chi connectivity index (χ4n) is 3.15. The van der Waals surface area contributed by atoms with Crippen LogP contribution < -0.4 is 15.4 Å². The molecule has 2 aromatic heterocycles. The third-order valence-electron chi connectivity index (χ3n) is 4.55. The van der Waals surface area contributed by atoms with E-state index in [4.69, 9.17) is 4.74 Å². The fraction of sp³-hybridized carbons (Fsp3) is 0.136. The number of nitrogens with one attached hydrogen (secondary N) is 2. The smallest absolute Gasteiger partial charge is 0.353 e. The maximum absolute atomic E-state index is 11.9. The van der Waals surface area contributed by atoms with Crippen molar-refractivity contribution in [3.8, 4) is 5.75 Å². The van der Waals surface area contributed by atoms with E-state index in [1.54, 1.807) is 30.3 Å². The fourth-order valence-corrected chi connectivity index (χ4v) is 3.15. The number of nitrogens with zero attached hydrogens (tertiary/aromatic N) is 4. The molecule has 0 saturated heterocycles. The van der Waals surface area contributed by atoms with Crippen LogP contribution >= 0.6 is 0 Å². The number of ether oxygens (including phenoxy) is 1. The zero-order valence-corrected chi connectivity index (χ0v) is 17.0. The summed E-state index contributed by atoms with van der Waals surface area (Å²) in [6.45, 7) is 4.35. The van der Waals surface area contributed by atoms with Gasteiger partial charge in [-0.3, -0.25) is 15.1 Å². The van der Waals surface area contributed by atoms with Crippen LogP contribution in [0.3, 0.4) is 0 Å². The Morgan fingerprint density at radius 1 is 1.00 bits per heavy atom. The molecule has 0 radical (unpaired) electrons. The molecule has 4 aromatic rings. The molecule has 0 saturated carbocycles. The van der Waals surface area contributed by atoms with Gasteiger partial charge in [0.2, 0.25) is 11.6 Å². The lowest BCUT2D eigenvalue weighted by Crippen LogP contribution is -2.06. The first-order chi connectivity index (χ1) is 15.0. The summed E-state index contributed by atoms with van der Waals surface area (Å²) in [6, 6.07) is 16.6. The summed E-state index contributed by atoms with van der Waals surface area (Å²) in [7, 11) is 0. The normalized spacial score (nSPS) is 10.6. The molecule has 0 aliphatic carbocycles. The van der Waals surface area contributed by atoms with Crippen molar-refractivity contribution in [3.63, 3.8) is 0 Å². The molecule has 2 aromatic carbocycles. The van der Waals surface area contributed by atoms with Crippen molar-refractivity contribution < 1.29 is 9.66 Å². The van der Waals surface area contributed by atoms with Crippen LogP contribution in [0, 0.1) is 17.0 Å². The topological polar surface area (TPSA) is 115 Å². The number of anilines is 4. The molecule has 0 amide bonds. The summed E-state index contributed by atoms with van der Waals surface area (Å²) in [5, 5.41) is 18.9. The second kappa shape index (κ2) is 8.62.